The number of rotatable bonds is 8. The maximum atomic E-state index is 12.6. The first-order valence-electron chi connectivity index (χ1n) is 9.15. The van der Waals surface area contributed by atoms with E-state index < -0.39 is 10.0 Å². The van der Waals surface area contributed by atoms with Crippen molar-refractivity contribution >= 4 is 33.2 Å². The van der Waals surface area contributed by atoms with E-state index in [1.807, 2.05) is 24.3 Å². The van der Waals surface area contributed by atoms with E-state index in [0.29, 0.717) is 11.6 Å². The van der Waals surface area contributed by atoms with E-state index in [-0.39, 0.29) is 22.1 Å². The first-order chi connectivity index (χ1) is 14.0. The number of sulfonamides is 1. The third-order valence-corrected chi connectivity index (χ3v) is 5.94. The molecule has 3 aromatic carbocycles. The second-order valence-electron chi connectivity index (χ2n) is 6.45. The van der Waals surface area contributed by atoms with Gasteiger partial charge in [0.1, 0.15) is 0 Å². The molecule has 7 heteroatoms. The van der Waals surface area contributed by atoms with Crippen molar-refractivity contribution in [2.24, 2.45) is 0 Å². The van der Waals surface area contributed by atoms with E-state index in [4.69, 9.17) is 11.6 Å². The summed E-state index contributed by atoms with van der Waals surface area (Å²) in [6.07, 6.45) is 1.56. The standard InChI is InChI=1S/C22H21ClN2O3S/c23-18-14-12-17(13-15-18)7-6-16-24-22(26)20-10-4-5-11-21(20)25-29(27,28)19-8-2-1-3-9-19/h1-5,8-15,25H,6-7,16H2,(H,24,26). The Morgan fingerprint density at radius 2 is 1.52 bits per heavy atom. The van der Waals surface area contributed by atoms with Crippen LogP contribution in [0.3, 0.4) is 0 Å². The van der Waals surface area contributed by atoms with Gasteiger partial charge in [-0.15, -0.1) is 0 Å². The lowest BCUT2D eigenvalue weighted by atomic mass is 10.1. The van der Waals surface area contributed by atoms with Crippen molar-refractivity contribution in [2.45, 2.75) is 17.7 Å². The number of aryl methyl sites for hydroxylation is 1. The molecule has 0 spiro atoms. The molecule has 2 N–H and O–H groups in total. The van der Waals surface area contributed by atoms with Gasteiger partial charge in [0.2, 0.25) is 0 Å². The summed E-state index contributed by atoms with van der Waals surface area (Å²) in [4.78, 5) is 12.7. The minimum atomic E-state index is -3.77. The predicted octanol–water partition coefficient (Wildman–Crippen LogP) is 4.50. The third kappa shape index (κ3) is 5.82. The molecule has 0 fully saturated rings. The lowest BCUT2D eigenvalue weighted by molar-refractivity contribution is 0.0954. The molecule has 0 unspecified atom stereocenters. The maximum Gasteiger partial charge on any atom is 0.261 e. The molecule has 0 aliphatic rings. The summed E-state index contributed by atoms with van der Waals surface area (Å²) >= 11 is 5.88. The molecular formula is C22H21ClN2O3S. The Labute approximate surface area is 175 Å². The molecule has 0 aliphatic carbocycles. The van der Waals surface area contributed by atoms with Crippen LogP contribution in [0.1, 0.15) is 22.3 Å². The molecule has 0 heterocycles. The van der Waals surface area contributed by atoms with Crippen molar-refractivity contribution in [1.82, 2.24) is 5.32 Å². The Bertz CT molecular complexity index is 1070. The van der Waals surface area contributed by atoms with Gasteiger partial charge < -0.3 is 5.32 Å². The van der Waals surface area contributed by atoms with Crippen LogP contribution in [0.2, 0.25) is 5.02 Å². The number of benzene rings is 3. The third-order valence-electron chi connectivity index (χ3n) is 4.31. The highest BCUT2D eigenvalue weighted by atomic mass is 35.5. The van der Waals surface area contributed by atoms with Gasteiger partial charge in [0, 0.05) is 11.6 Å². The largest absolute Gasteiger partial charge is 0.352 e. The zero-order chi connectivity index (χ0) is 20.7. The Hall–Kier alpha value is -2.83. The quantitative estimate of drug-likeness (QED) is 0.518. The Morgan fingerprint density at radius 3 is 2.24 bits per heavy atom. The van der Waals surface area contributed by atoms with Gasteiger partial charge in [-0.2, -0.15) is 0 Å². The average molecular weight is 429 g/mol. The summed E-state index contributed by atoms with van der Waals surface area (Å²) in [7, 11) is -3.77. The topological polar surface area (TPSA) is 75.3 Å². The van der Waals surface area contributed by atoms with Crippen LogP contribution in [-0.2, 0) is 16.4 Å². The number of amides is 1. The van der Waals surface area contributed by atoms with E-state index in [2.05, 4.69) is 10.0 Å². The second-order valence-corrected chi connectivity index (χ2v) is 8.57. The Balaban J connectivity index is 1.62. The molecule has 3 aromatic rings. The van der Waals surface area contributed by atoms with Crippen LogP contribution in [0.5, 0.6) is 0 Å². The molecule has 0 radical (unpaired) electrons. The molecule has 0 bridgehead atoms. The fourth-order valence-corrected chi connectivity index (χ4v) is 4.04. The van der Waals surface area contributed by atoms with Gasteiger partial charge in [-0.05, 0) is 54.8 Å². The van der Waals surface area contributed by atoms with Gasteiger partial charge in [0.15, 0.2) is 0 Å². The highest BCUT2D eigenvalue weighted by Gasteiger charge is 2.18. The van der Waals surface area contributed by atoms with Crippen LogP contribution in [0.25, 0.3) is 0 Å². The monoisotopic (exact) mass is 428 g/mol. The fourth-order valence-electron chi connectivity index (χ4n) is 2.81. The Kier molecular flexibility index (Phi) is 6.90. The molecule has 29 heavy (non-hydrogen) atoms. The van der Waals surface area contributed by atoms with E-state index in [9.17, 15) is 13.2 Å². The summed E-state index contributed by atoms with van der Waals surface area (Å²) < 4.78 is 27.6. The highest BCUT2D eigenvalue weighted by Crippen LogP contribution is 2.20. The molecule has 0 atom stereocenters. The number of carbonyl (C=O) groups excluding carboxylic acids is 1. The van der Waals surface area contributed by atoms with Crippen LogP contribution in [-0.4, -0.2) is 20.9 Å². The summed E-state index contributed by atoms with van der Waals surface area (Å²) in [6, 6.07) is 22.2. The number of halogens is 1. The number of para-hydroxylation sites is 1. The number of anilines is 1. The molecule has 0 aromatic heterocycles. The predicted molar refractivity (Wildman–Crippen MR) is 116 cm³/mol. The van der Waals surface area contributed by atoms with Crippen LogP contribution in [0.4, 0.5) is 5.69 Å². The van der Waals surface area contributed by atoms with Gasteiger partial charge in [-0.1, -0.05) is 54.1 Å². The Morgan fingerprint density at radius 1 is 0.862 bits per heavy atom. The van der Waals surface area contributed by atoms with E-state index in [0.717, 1.165) is 18.4 Å². The smallest absolute Gasteiger partial charge is 0.261 e. The maximum absolute atomic E-state index is 12.6. The normalized spacial score (nSPS) is 11.1. The van der Waals surface area contributed by atoms with Crippen molar-refractivity contribution in [2.75, 3.05) is 11.3 Å². The van der Waals surface area contributed by atoms with Crippen LogP contribution in [0, 0.1) is 0 Å². The van der Waals surface area contributed by atoms with Crippen LogP contribution < -0.4 is 10.0 Å². The zero-order valence-corrected chi connectivity index (χ0v) is 17.2. The molecule has 0 saturated heterocycles. The van der Waals surface area contributed by atoms with Crippen molar-refractivity contribution < 1.29 is 13.2 Å². The van der Waals surface area contributed by atoms with Gasteiger partial charge >= 0.3 is 0 Å². The molecular weight excluding hydrogens is 408 g/mol. The van der Waals surface area contributed by atoms with Gasteiger partial charge in [-0.3, -0.25) is 9.52 Å². The van der Waals surface area contributed by atoms with E-state index in [1.165, 1.54) is 12.1 Å². The fraction of sp³-hybridized carbons (Fsp3) is 0.136. The number of hydrogen-bond donors (Lipinski definition) is 2. The summed E-state index contributed by atoms with van der Waals surface area (Å²) in [6.45, 7) is 0.473. The van der Waals surface area contributed by atoms with Gasteiger partial charge in [0.25, 0.3) is 15.9 Å². The molecule has 150 valence electrons. The lowest BCUT2D eigenvalue weighted by Gasteiger charge is -2.13. The number of nitrogens with one attached hydrogen (secondary N) is 2. The van der Waals surface area contributed by atoms with Crippen LogP contribution >= 0.6 is 11.6 Å². The molecule has 3 rings (SSSR count). The zero-order valence-electron chi connectivity index (χ0n) is 15.6. The van der Waals surface area contributed by atoms with Gasteiger partial charge in [0.05, 0.1) is 16.1 Å². The first-order valence-corrected chi connectivity index (χ1v) is 11.0. The molecule has 0 saturated carbocycles. The minimum Gasteiger partial charge on any atom is -0.352 e. The first kappa shape index (κ1) is 20.9. The van der Waals surface area contributed by atoms with Crippen molar-refractivity contribution in [3.05, 3.63) is 95.0 Å². The van der Waals surface area contributed by atoms with Crippen molar-refractivity contribution in [3.63, 3.8) is 0 Å². The number of hydrogen-bond acceptors (Lipinski definition) is 3. The second kappa shape index (κ2) is 9.58. The van der Waals surface area contributed by atoms with Gasteiger partial charge in [-0.25, -0.2) is 8.42 Å². The SMILES string of the molecule is O=C(NCCCc1ccc(Cl)cc1)c1ccccc1NS(=O)(=O)c1ccccc1. The number of carbonyl (C=O) groups is 1. The summed E-state index contributed by atoms with van der Waals surface area (Å²) in [5.74, 6) is -0.326. The molecule has 1 amide bonds. The highest BCUT2D eigenvalue weighted by molar-refractivity contribution is 7.92. The van der Waals surface area contributed by atoms with Crippen molar-refractivity contribution in [1.29, 1.82) is 0 Å². The van der Waals surface area contributed by atoms with Crippen molar-refractivity contribution in [3.8, 4) is 0 Å². The van der Waals surface area contributed by atoms with E-state index >= 15 is 0 Å². The lowest BCUT2D eigenvalue weighted by Crippen LogP contribution is -2.26. The molecule has 0 aliphatic heterocycles. The van der Waals surface area contributed by atoms with E-state index in [1.54, 1.807) is 42.5 Å². The minimum absolute atomic E-state index is 0.137. The van der Waals surface area contributed by atoms with Crippen LogP contribution in [0.15, 0.2) is 83.8 Å². The summed E-state index contributed by atoms with van der Waals surface area (Å²) in [5.41, 5.74) is 1.66. The molecule has 5 nitrogen and oxygen atoms in total. The summed E-state index contributed by atoms with van der Waals surface area (Å²) in [5, 5.41) is 3.54. The average Bonchev–Trinajstić information content (AvgIpc) is 2.73.